The molecule has 3 aromatic carbocycles. The van der Waals surface area contributed by atoms with E-state index in [1.807, 2.05) is 0 Å². The van der Waals surface area contributed by atoms with Gasteiger partial charge in [-0.15, -0.1) is 0 Å². The number of fused-ring (bicyclic) bond motifs is 2. The molecule has 2 aliphatic rings. The van der Waals surface area contributed by atoms with Crippen LogP contribution in [0.2, 0.25) is 0 Å². The third-order valence-corrected chi connectivity index (χ3v) is 9.18. The van der Waals surface area contributed by atoms with Crippen LogP contribution >= 0.6 is 0 Å². The fraction of sp³-hybridized carbons (Fsp3) is 0.471. The summed E-state index contributed by atoms with van der Waals surface area (Å²) in [5, 5.41) is 3.90. The maximum absolute atomic E-state index is 3.90. The highest BCUT2D eigenvalue weighted by atomic mass is 14.9. The Morgan fingerprint density at radius 2 is 1.09 bits per heavy atom. The molecule has 0 radical (unpaired) electrons. The van der Waals surface area contributed by atoms with Gasteiger partial charge >= 0.3 is 0 Å². The molecule has 0 saturated heterocycles. The van der Waals surface area contributed by atoms with Crippen LogP contribution < -0.4 is 5.32 Å². The Morgan fingerprint density at radius 1 is 0.543 bits per heavy atom. The van der Waals surface area contributed by atoms with Gasteiger partial charge in [-0.05, 0) is 93.4 Å². The lowest BCUT2D eigenvalue weighted by molar-refractivity contribution is 0.332. The predicted molar refractivity (Wildman–Crippen MR) is 152 cm³/mol. The average Bonchev–Trinajstić information content (AvgIpc) is 2.80. The predicted octanol–water partition coefficient (Wildman–Crippen LogP) is 9.80. The molecular weight excluding hydrogens is 422 g/mol. The summed E-state index contributed by atoms with van der Waals surface area (Å²) >= 11 is 0. The molecule has 2 aliphatic carbocycles. The van der Waals surface area contributed by atoms with E-state index in [9.17, 15) is 0 Å². The number of nitrogens with one attached hydrogen (secondary N) is 1. The van der Waals surface area contributed by atoms with Gasteiger partial charge in [-0.2, -0.15) is 0 Å². The lowest BCUT2D eigenvalue weighted by atomic mass is 9.61. The molecule has 0 aliphatic heterocycles. The Kier molecular flexibility index (Phi) is 5.51. The number of hydrogen-bond acceptors (Lipinski definition) is 1. The second-order valence-corrected chi connectivity index (χ2v) is 13.7. The maximum Gasteiger partial charge on any atom is 0.0467 e. The summed E-state index contributed by atoms with van der Waals surface area (Å²) in [4.78, 5) is 0. The second-order valence-electron chi connectivity index (χ2n) is 13.7. The van der Waals surface area contributed by atoms with Crippen LogP contribution in [0, 0.1) is 0 Å². The van der Waals surface area contributed by atoms with Crippen LogP contribution in [0.15, 0.2) is 60.7 Å². The molecule has 0 spiro atoms. The Balaban J connectivity index is 1.69. The molecule has 0 atom stereocenters. The highest BCUT2D eigenvalue weighted by Gasteiger charge is 2.40. The van der Waals surface area contributed by atoms with E-state index in [1.54, 1.807) is 0 Å². The first-order valence-electron chi connectivity index (χ1n) is 13.5. The minimum Gasteiger partial charge on any atom is -0.355 e. The standard InChI is InChI=1S/C34H43N/c1-31(2)18-19-33(5,6)27-22-24(14-15-25(27)31)35-28-17-16-26-30(29(28)23-12-10-9-11-13-23)34(7,8)21-20-32(26,3)4/h9-17,22,35H,18-21H2,1-8H3. The molecule has 184 valence electrons. The Bertz CT molecular complexity index is 1260. The van der Waals surface area contributed by atoms with E-state index in [2.05, 4.69) is 121 Å². The van der Waals surface area contributed by atoms with Gasteiger partial charge in [-0.1, -0.05) is 97.9 Å². The van der Waals surface area contributed by atoms with Crippen molar-refractivity contribution in [2.45, 2.75) is 103 Å². The van der Waals surface area contributed by atoms with Gasteiger partial charge in [0.1, 0.15) is 0 Å². The molecule has 0 aromatic heterocycles. The van der Waals surface area contributed by atoms with Crippen molar-refractivity contribution < 1.29 is 0 Å². The maximum atomic E-state index is 3.90. The first kappa shape index (κ1) is 24.2. The molecule has 0 bridgehead atoms. The van der Waals surface area contributed by atoms with Gasteiger partial charge in [0.05, 0.1) is 0 Å². The molecule has 0 amide bonds. The summed E-state index contributed by atoms with van der Waals surface area (Å²) < 4.78 is 0. The number of hydrogen-bond donors (Lipinski definition) is 1. The molecule has 35 heavy (non-hydrogen) atoms. The Labute approximate surface area is 213 Å². The van der Waals surface area contributed by atoms with E-state index in [0.29, 0.717) is 0 Å². The van der Waals surface area contributed by atoms with E-state index in [-0.39, 0.29) is 21.7 Å². The SMILES string of the molecule is CC1(C)CCC(C)(C)c2cc(Nc3ccc4c(c3-c3ccccc3)C(C)(C)CCC4(C)C)ccc21. The van der Waals surface area contributed by atoms with Gasteiger partial charge in [-0.3, -0.25) is 0 Å². The van der Waals surface area contributed by atoms with Crippen molar-refractivity contribution >= 4 is 11.4 Å². The highest BCUT2D eigenvalue weighted by Crippen LogP contribution is 2.52. The van der Waals surface area contributed by atoms with Crippen molar-refractivity contribution in [1.29, 1.82) is 0 Å². The van der Waals surface area contributed by atoms with Crippen molar-refractivity contribution in [3.05, 3.63) is 82.9 Å². The van der Waals surface area contributed by atoms with Crippen molar-refractivity contribution in [3.8, 4) is 11.1 Å². The van der Waals surface area contributed by atoms with E-state index < -0.39 is 0 Å². The number of anilines is 2. The van der Waals surface area contributed by atoms with Gasteiger partial charge < -0.3 is 5.32 Å². The third-order valence-electron chi connectivity index (χ3n) is 9.18. The zero-order valence-electron chi connectivity index (χ0n) is 23.1. The Hall–Kier alpha value is -2.54. The van der Waals surface area contributed by atoms with Crippen molar-refractivity contribution in [3.63, 3.8) is 0 Å². The van der Waals surface area contributed by atoms with Gasteiger partial charge in [0.25, 0.3) is 0 Å². The van der Waals surface area contributed by atoms with E-state index in [0.717, 1.165) is 0 Å². The molecule has 0 saturated carbocycles. The quantitative estimate of drug-likeness (QED) is 0.406. The summed E-state index contributed by atoms with van der Waals surface area (Å²) in [6, 6.07) is 22.8. The minimum absolute atomic E-state index is 0.135. The van der Waals surface area contributed by atoms with E-state index >= 15 is 0 Å². The fourth-order valence-corrected chi connectivity index (χ4v) is 6.59. The van der Waals surface area contributed by atoms with Crippen LogP contribution in [-0.2, 0) is 21.7 Å². The van der Waals surface area contributed by atoms with Crippen LogP contribution in [-0.4, -0.2) is 0 Å². The van der Waals surface area contributed by atoms with Crippen LogP contribution in [0.25, 0.3) is 11.1 Å². The molecule has 0 fully saturated rings. The van der Waals surface area contributed by atoms with E-state index in [4.69, 9.17) is 0 Å². The first-order chi connectivity index (χ1) is 16.3. The zero-order valence-corrected chi connectivity index (χ0v) is 23.1. The van der Waals surface area contributed by atoms with Crippen molar-refractivity contribution in [2.75, 3.05) is 5.32 Å². The van der Waals surface area contributed by atoms with Crippen LogP contribution in [0.3, 0.4) is 0 Å². The van der Waals surface area contributed by atoms with Crippen LogP contribution in [0.4, 0.5) is 11.4 Å². The van der Waals surface area contributed by atoms with Crippen molar-refractivity contribution in [2.24, 2.45) is 0 Å². The molecule has 3 aromatic rings. The van der Waals surface area contributed by atoms with Gasteiger partial charge in [-0.25, -0.2) is 0 Å². The zero-order chi connectivity index (χ0) is 25.2. The number of benzene rings is 3. The lowest BCUT2D eigenvalue weighted by Gasteiger charge is -2.44. The summed E-state index contributed by atoms with van der Waals surface area (Å²) in [6.45, 7) is 19.3. The largest absolute Gasteiger partial charge is 0.355 e. The van der Waals surface area contributed by atoms with E-state index in [1.165, 1.54) is 70.4 Å². The monoisotopic (exact) mass is 465 g/mol. The highest BCUT2D eigenvalue weighted by molar-refractivity contribution is 5.86. The lowest BCUT2D eigenvalue weighted by Crippen LogP contribution is -2.34. The Morgan fingerprint density at radius 3 is 1.74 bits per heavy atom. The molecule has 1 N–H and O–H groups in total. The molecular formula is C34H43N. The average molecular weight is 466 g/mol. The van der Waals surface area contributed by atoms with Crippen LogP contribution in [0.1, 0.15) is 103 Å². The summed E-state index contributed by atoms with van der Waals surface area (Å²) in [6.07, 6.45) is 4.91. The fourth-order valence-electron chi connectivity index (χ4n) is 6.59. The topological polar surface area (TPSA) is 12.0 Å². The minimum atomic E-state index is 0.135. The summed E-state index contributed by atoms with van der Waals surface area (Å²) in [7, 11) is 0. The second kappa shape index (κ2) is 7.99. The van der Waals surface area contributed by atoms with Gasteiger partial charge in [0.15, 0.2) is 0 Å². The smallest absolute Gasteiger partial charge is 0.0467 e. The third kappa shape index (κ3) is 4.11. The van der Waals surface area contributed by atoms with Gasteiger partial charge in [0.2, 0.25) is 0 Å². The molecule has 5 rings (SSSR count). The number of rotatable bonds is 3. The molecule has 1 heteroatoms. The van der Waals surface area contributed by atoms with Crippen LogP contribution in [0.5, 0.6) is 0 Å². The van der Waals surface area contributed by atoms with Gasteiger partial charge in [0, 0.05) is 16.9 Å². The van der Waals surface area contributed by atoms with Crippen molar-refractivity contribution in [1.82, 2.24) is 0 Å². The molecule has 0 unspecified atom stereocenters. The first-order valence-corrected chi connectivity index (χ1v) is 13.5. The summed E-state index contributed by atoms with van der Waals surface area (Å²) in [5.41, 5.74) is 11.9. The molecule has 0 heterocycles. The normalized spacial score (nSPS) is 21.0. The summed E-state index contributed by atoms with van der Waals surface area (Å²) in [5.74, 6) is 0. The molecule has 1 nitrogen and oxygen atoms in total.